The molecule has 4 atom stereocenters. The number of ketones is 1. The molecular weight excluding hydrogens is 296 g/mol. The molecule has 0 spiro atoms. The number of carbonyl (C=O) groups excluding carboxylic acids is 3. The van der Waals surface area contributed by atoms with Gasteiger partial charge in [-0.25, -0.2) is 4.79 Å². The summed E-state index contributed by atoms with van der Waals surface area (Å²) in [6.45, 7) is 12.8. The Morgan fingerprint density at radius 2 is 1.83 bits per heavy atom. The molecule has 23 heavy (non-hydrogen) atoms. The van der Waals surface area contributed by atoms with Crippen LogP contribution in [0.25, 0.3) is 0 Å². The lowest BCUT2D eigenvalue weighted by molar-refractivity contribution is -0.124. The van der Waals surface area contributed by atoms with Crippen molar-refractivity contribution in [2.45, 2.75) is 64.8 Å². The molecular formula is C17H26N2O4. The Hall–Kier alpha value is -1.85. The van der Waals surface area contributed by atoms with Gasteiger partial charge in [0.25, 0.3) is 0 Å². The van der Waals surface area contributed by atoms with Gasteiger partial charge in [-0.15, -0.1) is 6.58 Å². The molecule has 0 N–H and O–H groups in total. The van der Waals surface area contributed by atoms with Gasteiger partial charge in [0, 0.05) is 19.4 Å². The van der Waals surface area contributed by atoms with Crippen molar-refractivity contribution in [3.05, 3.63) is 12.7 Å². The van der Waals surface area contributed by atoms with Crippen LogP contribution in [-0.2, 0) is 14.3 Å². The Morgan fingerprint density at radius 3 is 2.22 bits per heavy atom. The Bertz CT molecular complexity index is 537. The van der Waals surface area contributed by atoms with Crippen LogP contribution in [-0.4, -0.2) is 57.9 Å². The van der Waals surface area contributed by atoms with Crippen LogP contribution in [0.5, 0.6) is 0 Å². The molecule has 0 aromatic carbocycles. The monoisotopic (exact) mass is 322 g/mol. The van der Waals surface area contributed by atoms with Crippen LogP contribution < -0.4 is 0 Å². The number of ether oxygens (including phenoxy) is 1. The van der Waals surface area contributed by atoms with E-state index in [4.69, 9.17) is 4.74 Å². The largest absolute Gasteiger partial charge is 0.444 e. The molecule has 0 saturated carbocycles. The lowest BCUT2D eigenvalue weighted by Gasteiger charge is -2.32. The van der Waals surface area contributed by atoms with Crippen LogP contribution in [0.3, 0.4) is 0 Å². The van der Waals surface area contributed by atoms with Gasteiger partial charge in [-0.2, -0.15) is 0 Å². The van der Waals surface area contributed by atoms with Crippen molar-refractivity contribution < 1.29 is 19.1 Å². The Kier molecular flexibility index (Phi) is 4.55. The van der Waals surface area contributed by atoms with Gasteiger partial charge in [0.1, 0.15) is 5.60 Å². The Balaban J connectivity index is 2.30. The number of likely N-dealkylation sites (tertiary alicyclic amines) is 1. The minimum absolute atomic E-state index is 0.0202. The molecule has 128 valence electrons. The van der Waals surface area contributed by atoms with Crippen LogP contribution in [0.4, 0.5) is 4.79 Å². The Morgan fingerprint density at radius 1 is 1.22 bits per heavy atom. The number of carbonyl (C=O) groups is 3. The second-order valence-electron chi connectivity index (χ2n) is 7.38. The predicted octanol–water partition coefficient (Wildman–Crippen LogP) is 1.99. The van der Waals surface area contributed by atoms with Crippen LogP contribution in [0, 0.1) is 5.92 Å². The van der Waals surface area contributed by atoms with E-state index >= 15 is 0 Å². The average molecular weight is 322 g/mol. The number of rotatable bonds is 3. The molecule has 0 radical (unpaired) electrons. The van der Waals surface area contributed by atoms with Crippen molar-refractivity contribution >= 4 is 17.8 Å². The number of amides is 2. The molecule has 2 rings (SSSR count). The quantitative estimate of drug-likeness (QED) is 0.589. The van der Waals surface area contributed by atoms with Crippen LogP contribution in [0.15, 0.2) is 12.7 Å². The van der Waals surface area contributed by atoms with Crippen molar-refractivity contribution in [3.63, 3.8) is 0 Å². The summed E-state index contributed by atoms with van der Waals surface area (Å²) in [6.07, 6.45) is 1.81. The minimum atomic E-state index is -0.640. The van der Waals surface area contributed by atoms with Gasteiger partial charge in [-0.1, -0.05) is 6.08 Å². The molecule has 2 heterocycles. The molecule has 2 fully saturated rings. The Labute approximate surface area is 137 Å². The zero-order valence-electron chi connectivity index (χ0n) is 14.5. The first-order chi connectivity index (χ1) is 10.6. The topological polar surface area (TPSA) is 66.7 Å². The third-order valence-corrected chi connectivity index (χ3v) is 4.42. The highest BCUT2D eigenvalue weighted by molar-refractivity contribution is 5.87. The molecule has 0 bridgehead atoms. The van der Waals surface area contributed by atoms with Gasteiger partial charge < -0.3 is 9.64 Å². The summed E-state index contributed by atoms with van der Waals surface area (Å²) < 4.78 is 5.50. The van der Waals surface area contributed by atoms with E-state index in [1.807, 2.05) is 0 Å². The minimum Gasteiger partial charge on any atom is -0.444 e. The summed E-state index contributed by atoms with van der Waals surface area (Å²) >= 11 is 0. The lowest BCUT2D eigenvalue weighted by Crippen LogP contribution is -2.50. The second kappa shape index (κ2) is 5.98. The molecule has 4 unspecified atom stereocenters. The lowest BCUT2D eigenvalue weighted by atomic mass is 9.96. The third kappa shape index (κ3) is 3.57. The maximum atomic E-state index is 12.7. The van der Waals surface area contributed by atoms with Gasteiger partial charge >= 0.3 is 6.09 Å². The van der Waals surface area contributed by atoms with Crippen LogP contribution >= 0.6 is 0 Å². The standard InChI is InChI=1S/C17H26N2O4/c1-7-12-8-13(10(2)20)19(16(22)23-17(4,5)6)15(12)14-9-18(14)11(3)21/h7,12-15H,1,8-9H2,2-6H3. The van der Waals surface area contributed by atoms with E-state index in [1.165, 1.54) is 18.7 Å². The van der Waals surface area contributed by atoms with Crippen molar-refractivity contribution in [2.24, 2.45) is 5.92 Å². The summed E-state index contributed by atoms with van der Waals surface area (Å²) in [5, 5.41) is 0. The number of nitrogens with zero attached hydrogens (tertiary/aromatic N) is 2. The first-order valence-electron chi connectivity index (χ1n) is 7.98. The molecule has 2 aliphatic heterocycles. The maximum absolute atomic E-state index is 12.7. The molecule has 6 nitrogen and oxygen atoms in total. The van der Waals surface area contributed by atoms with Crippen molar-refractivity contribution in [2.75, 3.05) is 6.54 Å². The fourth-order valence-corrected chi connectivity index (χ4v) is 3.37. The molecule has 2 aliphatic rings. The van der Waals surface area contributed by atoms with E-state index in [2.05, 4.69) is 6.58 Å². The second-order valence-corrected chi connectivity index (χ2v) is 7.38. The van der Waals surface area contributed by atoms with E-state index in [1.54, 1.807) is 31.7 Å². The van der Waals surface area contributed by atoms with Crippen molar-refractivity contribution in [1.29, 1.82) is 0 Å². The van der Waals surface area contributed by atoms with Crippen LogP contribution in [0.2, 0.25) is 0 Å². The predicted molar refractivity (Wildman–Crippen MR) is 85.8 cm³/mol. The van der Waals surface area contributed by atoms with Gasteiger partial charge in [0.05, 0.1) is 18.1 Å². The summed E-state index contributed by atoms with van der Waals surface area (Å²) in [5.41, 5.74) is -0.640. The average Bonchev–Trinajstić information content (AvgIpc) is 3.09. The first-order valence-corrected chi connectivity index (χ1v) is 7.98. The molecule has 0 aliphatic carbocycles. The van der Waals surface area contributed by atoms with Gasteiger partial charge in [-0.05, 0) is 34.1 Å². The van der Waals surface area contributed by atoms with E-state index in [-0.39, 0.29) is 29.7 Å². The zero-order valence-corrected chi connectivity index (χ0v) is 14.5. The van der Waals surface area contributed by atoms with Gasteiger partial charge in [0.2, 0.25) is 5.91 Å². The molecule has 2 saturated heterocycles. The first kappa shape index (κ1) is 17.5. The highest BCUT2D eigenvalue weighted by atomic mass is 16.6. The summed E-state index contributed by atoms with van der Waals surface area (Å²) in [5.74, 6) is -0.112. The van der Waals surface area contributed by atoms with E-state index in [0.717, 1.165) is 0 Å². The third-order valence-electron chi connectivity index (χ3n) is 4.42. The van der Waals surface area contributed by atoms with Crippen molar-refractivity contribution in [1.82, 2.24) is 9.80 Å². The fourth-order valence-electron chi connectivity index (χ4n) is 3.37. The van der Waals surface area contributed by atoms with Gasteiger partial charge in [-0.3, -0.25) is 14.5 Å². The van der Waals surface area contributed by atoms with Gasteiger partial charge in [0.15, 0.2) is 5.78 Å². The number of hydrogen-bond acceptors (Lipinski definition) is 4. The van der Waals surface area contributed by atoms with Crippen molar-refractivity contribution in [3.8, 4) is 0 Å². The normalized spacial score (nSPS) is 30.1. The van der Waals surface area contributed by atoms with E-state index in [0.29, 0.717) is 13.0 Å². The zero-order chi connectivity index (χ0) is 17.5. The molecule has 2 amide bonds. The number of Topliss-reactive ketones (excluding diaryl/α,β-unsaturated/α-hetero) is 1. The van der Waals surface area contributed by atoms with E-state index < -0.39 is 17.7 Å². The van der Waals surface area contributed by atoms with Crippen LogP contribution in [0.1, 0.15) is 41.0 Å². The highest BCUT2D eigenvalue weighted by Gasteiger charge is 2.55. The highest BCUT2D eigenvalue weighted by Crippen LogP contribution is 2.40. The fraction of sp³-hybridized carbons (Fsp3) is 0.706. The maximum Gasteiger partial charge on any atom is 0.411 e. The number of hydrogen-bond donors (Lipinski definition) is 0. The summed E-state index contributed by atoms with van der Waals surface area (Å²) in [6, 6.07) is -0.834. The molecule has 0 aromatic rings. The SMILES string of the molecule is C=CC1CC(C(C)=O)N(C(=O)OC(C)(C)C)C1C1CN1C(C)=O. The summed E-state index contributed by atoms with van der Waals surface area (Å²) in [7, 11) is 0. The molecule has 0 aromatic heterocycles. The summed E-state index contributed by atoms with van der Waals surface area (Å²) in [4.78, 5) is 39.5. The molecule has 6 heteroatoms. The van der Waals surface area contributed by atoms with E-state index in [9.17, 15) is 14.4 Å². The smallest absolute Gasteiger partial charge is 0.411 e.